The topological polar surface area (TPSA) is 73.6 Å². The van der Waals surface area contributed by atoms with Gasteiger partial charge in [0.2, 0.25) is 0 Å². The number of alkyl carbamates (subject to hydrolysis) is 1. The molecule has 96 valence electrons. The van der Waals surface area contributed by atoms with E-state index in [0.29, 0.717) is 13.2 Å². The molecule has 0 spiro atoms. The summed E-state index contributed by atoms with van der Waals surface area (Å²) in [6.07, 6.45) is 1.44. The van der Waals surface area contributed by atoms with E-state index in [0.717, 1.165) is 18.6 Å². The van der Waals surface area contributed by atoms with Crippen LogP contribution in [-0.4, -0.2) is 25.3 Å². The van der Waals surface area contributed by atoms with Crippen LogP contribution in [0.4, 0.5) is 4.79 Å². The average Bonchev–Trinajstić information content (AvgIpc) is 2.94. The van der Waals surface area contributed by atoms with Crippen LogP contribution in [-0.2, 0) is 11.2 Å². The third kappa shape index (κ3) is 2.13. The minimum atomic E-state index is -0.372. The van der Waals surface area contributed by atoms with E-state index in [1.54, 1.807) is 0 Å². The van der Waals surface area contributed by atoms with Crippen LogP contribution < -0.4 is 15.8 Å². The molecule has 0 radical (unpaired) electrons. The number of cyclic esters (lactones) is 1. The highest BCUT2D eigenvalue weighted by Gasteiger charge is 2.23. The van der Waals surface area contributed by atoms with Crippen LogP contribution in [0.25, 0.3) is 0 Å². The molecular weight excluding hydrogens is 232 g/mol. The third-order valence-electron chi connectivity index (χ3n) is 3.42. The summed E-state index contributed by atoms with van der Waals surface area (Å²) in [7, 11) is 0. The number of hydrogen-bond acceptors (Lipinski definition) is 4. The highest BCUT2D eigenvalue weighted by molar-refractivity contribution is 5.69. The molecular formula is C13H16N2O3. The average molecular weight is 248 g/mol. The molecule has 1 aliphatic carbocycles. The molecule has 2 atom stereocenters. The standard InChI is InChI=1S/C13H16N2O3/c14-12-4-1-8-5-9(2-3-11(8)12)17-7-10-6-15-13(16)18-10/h2-3,5,10,12H,1,4,6-7,14H2,(H,15,16)/t10?,12-/m0/s1. The van der Waals surface area contributed by atoms with Gasteiger partial charge in [0.15, 0.2) is 6.10 Å². The fourth-order valence-corrected chi connectivity index (χ4v) is 2.43. The summed E-state index contributed by atoms with van der Waals surface area (Å²) < 4.78 is 10.6. The van der Waals surface area contributed by atoms with E-state index in [9.17, 15) is 4.79 Å². The Morgan fingerprint density at radius 2 is 2.39 bits per heavy atom. The first-order valence-electron chi connectivity index (χ1n) is 6.18. The monoisotopic (exact) mass is 248 g/mol. The van der Waals surface area contributed by atoms with Crippen molar-refractivity contribution in [1.82, 2.24) is 5.32 Å². The van der Waals surface area contributed by atoms with E-state index in [1.165, 1.54) is 11.1 Å². The van der Waals surface area contributed by atoms with Gasteiger partial charge in [0.05, 0.1) is 6.54 Å². The van der Waals surface area contributed by atoms with Gasteiger partial charge in [0, 0.05) is 6.04 Å². The van der Waals surface area contributed by atoms with E-state index in [1.807, 2.05) is 18.2 Å². The molecule has 0 saturated carbocycles. The van der Waals surface area contributed by atoms with Gasteiger partial charge in [-0.1, -0.05) is 6.07 Å². The minimum absolute atomic E-state index is 0.161. The zero-order valence-corrected chi connectivity index (χ0v) is 10.0. The normalized spacial score (nSPS) is 25.5. The first-order valence-corrected chi connectivity index (χ1v) is 6.18. The zero-order valence-electron chi connectivity index (χ0n) is 10.0. The van der Waals surface area contributed by atoms with Crippen molar-refractivity contribution in [3.05, 3.63) is 29.3 Å². The summed E-state index contributed by atoms with van der Waals surface area (Å²) in [6, 6.07) is 6.15. The Morgan fingerprint density at radius 3 is 3.17 bits per heavy atom. The van der Waals surface area contributed by atoms with Crippen molar-refractivity contribution in [2.75, 3.05) is 13.2 Å². The number of ether oxygens (including phenoxy) is 2. The predicted octanol–water partition coefficient (Wildman–Crippen LogP) is 1.12. The first-order chi connectivity index (χ1) is 8.72. The van der Waals surface area contributed by atoms with Crippen LogP contribution >= 0.6 is 0 Å². The molecule has 1 aromatic carbocycles. The van der Waals surface area contributed by atoms with E-state index >= 15 is 0 Å². The molecule has 3 N–H and O–H groups in total. The molecule has 1 unspecified atom stereocenters. The molecule has 1 saturated heterocycles. The minimum Gasteiger partial charge on any atom is -0.490 e. The Morgan fingerprint density at radius 1 is 1.50 bits per heavy atom. The molecule has 1 heterocycles. The van der Waals surface area contributed by atoms with Crippen LogP contribution in [0.15, 0.2) is 18.2 Å². The second kappa shape index (κ2) is 4.49. The summed E-state index contributed by atoms with van der Waals surface area (Å²) in [5.74, 6) is 0.811. The van der Waals surface area contributed by atoms with Gasteiger partial charge in [-0.2, -0.15) is 0 Å². The summed E-state index contributed by atoms with van der Waals surface area (Å²) >= 11 is 0. The maximum absolute atomic E-state index is 10.9. The molecule has 1 aliphatic heterocycles. The highest BCUT2D eigenvalue weighted by Crippen LogP contribution is 2.31. The van der Waals surface area contributed by atoms with Crippen LogP contribution in [0.5, 0.6) is 5.75 Å². The number of carbonyl (C=O) groups is 1. The lowest BCUT2D eigenvalue weighted by molar-refractivity contribution is 0.105. The van der Waals surface area contributed by atoms with Crippen molar-refractivity contribution in [2.24, 2.45) is 5.73 Å². The lowest BCUT2D eigenvalue weighted by Crippen LogP contribution is -2.22. The first kappa shape index (κ1) is 11.3. The summed E-state index contributed by atoms with van der Waals surface area (Å²) in [4.78, 5) is 10.9. The molecule has 3 rings (SSSR count). The second-order valence-electron chi connectivity index (χ2n) is 4.73. The number of nitrogens with one attached hydrogen (secondary N) is 1. The van der Waals surface area contributed by atoms with Crippen molar-refractivity contribution in [2.45, 2.75) is 25.0 Å². The molecule has 2 aliphatic rings. The Bertz CT molecular complexity index is 475. The summed E-state index contributed by atoms with van der Waals surface area (Å²) in [5.41, 5.74) is 8.46. The number of hydrogen-bond donors (Lipinski definition) is 2. The van der Waals surface area contributed by atoms with Crippen molar-refractivity contribution < 1.29 is 14.3 Å². The number of aryl methyl sites for hydroxylation is 1. The molecule has 5 nitrogen and oxygen atoms in total. The largest absolute Gasteiger partial charge is 0.490 e. The maximum Gasteiger partial charge on any atom is 0.407 e. The van der Waals surface area contributed by atoms with E-state index in [-0.39, 0.29) is 18.2 Å². The van der Waals surface area contributed by atoms with E-state index in [2.05, 4.69) is 5.32 Å². The molecule has 1 amide bonds. The quantitative estimate of drug-likeness (QED) is 0.840. The van der Waals surface area contributed by atoms with Gasteiger partial charge < -0.3 is 20.5 Å². The van der Waals surface area contributed by atoms with Crippen LogP contribution in [0, 0.1) is 0 Å². The van der Waals surface area contributed by atoms with Crippen molar-refractivity contribution in [3.8, 4) is 5.75 Å². The number of amides is 1. The molecule has 0 bridgehead atoms. The molecule has 5 heteroatoms. The fraction of sp³-hybridized carbons (Fsp3) is 0.462. The smallest absolute Gasteiger partial charge is 0.407 e. The van der Waals surface area contributed by atoms with Gasteiger partial charge in [-0.05, 0) is 36.1 Å². The van der Waals surface area contributed by atoms with Crippen LogP contribution in [0.3, 0.4) is 0 Å². The number of rotatable bonds is 3. The number of benzene rings is 1. The van der Waals surface area contributed by atoms with Crippen molar-refractivity contribution in [3.63, 3.8) is 0 Å². The van der Waals surface area contributed by atoms with E-state index < -0.39 is 0 Å². The summed E-state index contributed by atoms with van der Waals surface area (Å²) in [6.45, 7) is 0.887. The molecule has 18 heavy (non-hydrogen) atoms. The van der Waals surface area contributed by atoms with Gasteiger partial charge in [-0.3, -0.25) is 0 Å². The van der Waals surface area contributed by atoms with Crippen LogP contribution in [0.1, 0.15) is 23.6 Å². The lowest BCUT2D eigenvalue weighted by Gasteiger charge is -2.11. The Kier molecular flexibility index (Phi) is 2.83. The second-order valence-corrected chi connectivity index (χ2v) is 4.73. The summed E-state index contributed by atoms with van der Waals surface area (Å²) in [5, 5.41) is 2.60. The Labute approximate surface area is 105 Å². The zero-order chi connectivity index (χ0) is 12.5. The third-order valence-corrected chi connectivity index (χ3v) is 3.42. The Balaban J connectivity index is 1.62. The molecule has 0 aromatic heterocycles. The fourth-order valence-electron chi connectivity index (χ4n) is 2.43. The number of carbonyl (C=O) groups excluding carboxylic acids is 1. The van der Waals surface area contributed by atoms with Gasteiger partial charge in [-0.15, -0.1) is 0 Å². The van der Waals surface area contributed by atoms with E-state index in [4.69, 9.17) is 15.2 Å². The Hall–Kier alpha value is -1.75. The number of fused-ring (bicyclic) bond motifs is 1. The lowest BCUT2D eigenvalue weighted by atomic mass is 10.1. The predicted molar refractivity (Wildman–Crippen MR) is 65.5 cm³/mol. The van der Waals surface area contributed by atoms with Crippen molar-refractivity contribution >= 4 is 6.09 Å². The van der Waals surface area contributed by atoms with Gasteiger partial charge in [0.1, 0.15) is 12.4 Å². The van der Waals surface area contributed by atoms with Crippen molar-refractivity contribution in [1.29, 1.82) is 0 Å². The highest BCUT2D eigenvalue weighted by atomic mass is 16.6. The van der Waals surface area contributed by atoms with Gasteiger partial charge in [-0.25, -0.2) is 4.79 Å². The number of nitrogens with two attached hydrogens (primary N) is 1. The van der Waals surface area contributed by atoms with Gasteiger partial charge >= 0.3 is 6.09 Å². The molecule has 1 aromatic rings. The van der Waals surface area contributed by atoms with Crippen LogP contribution in [0.2, 0.25) is 0 Å². The van der Waals surface area contributed by atoms with Gasteiger partial charge in [0.25, 0.3) is 0 Å². The SMILES string of the molecule is N[C@H]1CCc2cc(OCC3CNC(=O)O3)ccc21. The molecule has 1 fully saturated rings. The maximum atomic E-state index is 10.9.